The third kappa shape index (κ3) is 4.51. The van der Waals surface area contributed by atoms with E-state index < -0.39 is 0 Å². The molecule has 1 saturated carbocycles. The first-order valence-corrected chi connectivity index (χ1v) is 6.85. The first-order valence-electron chi connectivity index (χ1n) is 6.85. The lowest BCUT2D eigenvalue weighted by atomic mass is 9.81. The lowest BCUT2D eigenvalue weighted by Gasteiger charge is -2.26. The minimum Gasteiger partial charge on any atom is -0.356 e. The molecule has 0 bridgehead atoms. The van der Waals surface area contributed by atoms with Gasteiger partial charge in [-0.15, -0.1) is 6.58 Å². The molecule has 0 atom stereocenters. The quantitative estimate of drug-likeness (QED) is 0.706. The molecule has 1 aliphatic rings. The van der Waals surface area contributed by atoms with E-state index >= 15 is 0 Å². The fourth-order valence-electron chi connectivity index (χ4n) is 2.33. The molecule has 0 radical (unpaired) electrons. The van der Waals surface area contributed by atoms with Crippen molar-refractivity contribution in [1.82, 2.24) is 10.6 Å². The Balaban J connectivity index is 2.29. The summed E-state index contributed by atoms with van der Waals surface area (Å²) in [5, 5.41) is 5.75. The maximum absolute atomic E-state index is 11.8. The molecule has 0 aromatic heterocycles. The van der Waals surface area contributed by atoms with E-state index in [0.29, 0.717) is 6.54 Å². The van der Waals surface area contributed by atoms with Gasteiger partial charge in [0.2, 0.25) is 11.8 Å². The molecule has 2 amide bonds. The lowest BCUT2D eigenvalue weighted by molar-refractivity contribution is -0.130. The van der Waals surface area contributed by atoms with Gasteiger partial charge in [-0.25, -0.2) is 0 Å². The highest BCUT2D eigenvalue weighted by Crippen LogP contribution is 2.28. The third-order valence-electron chi connectivity index (χ3n) is 3.44. The first-order chi connectivity index (χ1) is 8.69. The van der Waals surface area contributed by atoms with Gasteiger partial charge >= 0.3 is 0 Å². The lowest BCUT2D eigenvalue weighted by Crippen LogP contribution is -2.37. The van der Waals surface area contributed by atoms with E-state index in [4.69, 9.17) is 0 Å². The monoisotopic (exact) mass is 252 g/mol. The largest absolute Gasteiger partial charge is 0.356 e. The van der Waals surface area contributed by atoms with E-state index in [9.17, 15) is 9.59 Å². The van der Waals surface area contributed by atoms with E-state index in [1.54, 1.807) is 6.08 Å². The Kier molecular flexibility index (Phi) is 6.47. The fraction of sp³-hybridized carbons (Fsp3) is 0.714. The van der Waals surface area contributed by atoms with E-state index in [2.05, 4.69) is 17.2 Å². The van der Waals surface area contributed by atoms with Crippen LogP contribution in [0.1, 0.15) is 39.0 Å². The van der Waals surface area contributed by atoms with Gasteiger partial charge in [0.15, 0.2) is 0 Å². The Morgan fingerprint density at radius 2 is 1.61 bits per heavy atom. The van der Waals surface area contributed by atoms with Crippen LogP contribution in [0.25, 0.3) is 0 Å². The zero-order chi connectivity index (χ0) is 13.4. The van der Waals surface area contributed by atoms with Gasteiger partial charge in [-0.05, 0) is 32.1 Å². The van der Waals surface area contributed by atoms with Gasteiger partial charge < -0.3 is 10.6 Å². The Bertz CT molecular complexity index is 294. The molecular weight excluding hydrogens is 228 g/mol. The van der Waals surface area contributed by atoms with Crippen molar-refractivity contribution >= 4 is 11.8 Å². The Hall–Kier alpha value is -1.32. The van der Waals surface area contributed by atoms with Crippen molar-refractivity contribution in [1.29, 1.82) is 0 Å². The molecule has 4 nitrogen and oxygen atoms in total. The van der Waals surface area contributed by atoms with Crippen LogP contribution in [0.5, 0.6) is 0 Å². The summed E-state index contributed by atoms with van der Waals surface area (Å²) in [6.07, 6.45) is 5.91. The van der Waals surface area contributed by atoms with Gasteiger partial charge in [-0.2, -0.15) is 0 Å². The summed E-state index contributed by atoms with van der Waals surface area (Å²) in [7, 11) is 0. The van der Waals surface area contributed by atoms with Crippen molar-refractivity contribution in [2.45, 2.75) is 39.0 Å². The molecule has 0 aliphatic heterocycles. The van der Waals surface area contributed by atoms with E-state index in [0.717, 1.165) is 38.6 Å². The van der Waals surface area contributed by atoms with Crippen molar-refractivity contribution < 1.29 is 9.59 Å². The number of hydrogen-bond acceptors (Lipinski definition) is 2. The van der Waals surface area contributed by atoms with Crippen molar-refractivity contribution in [3.8, 4) is 0 Å². The second-order valence-electron chi connectivity index (χ2n) is 4.87. The summed E-state index contributed by atoms with van der Waals surface area (Å²) in [4.78, 5) is 23.5. The average Bonchev–Trinajstić information content (AvgIpc) is 2.42. The predicted molar refractivity (Wildman–Crippen MR) is 72.0 cm³/mol. The van der Waals surface area contributed by atoms with E-state index in [-0.39, 0.29) is 23.7 Å². The third-order valence-corrected chi connectivity index (χ3v) is 3.44. The topological polar surface area (TPSA) is 58.2 Å². The zero-order valence-electron chi connectivity index (χ0n) is 11.2. The average molecular weight is 252 g/mol. The Morgan fingerprint density at radius 1 is 1.11 bits per heavy atom. The second-order valence-corrected chi connectivity index (χ2v) is 4.87. The predicted octanol–water partition coefficient (Wildman–Crippen LogP) is 1.62. The molecule has 1 aliphatic carbocycles. The molecule has 0 aromatic carbocycles. The summed E-state index contributed by atoms with van der Waals surface area (Å²) >= 11 is 0. The van der Waals surface area contributed by atoms with Crippen LogP contribution in [0.3, 0.4) is 0 Å². The van der Waals surface area contributed by atoms with Crippen LogP contribution in [-0.4, -0.2) is 24.9 Å². The van der Waals surface area contributed by atoms with Gasteiger partial charge in [0, 0.05) is 24.9 Å². The summed E-state index contributed by atoms with van der Waals surface area (Å²) in [5.74, 6) is 0.421. The fourth-order valence-corrected chi connectivity index (χ4v) is 2.33. The molecule has 0 heterocycles. The summed E-state index contributed by atoms with van der Waals surface area (Å²) in [5.41, 5.74) is 0. The summed E-state index contributed by atoms with van der Waals surface area (Å²) in [6.45, 7) is 6.89. The molecule has 0 spiro atoms. The maximum Gasteiger partial charge on any atom is 0.223 e. The second kappa shape index (κ2) is 7.90. The Labute approximate surface area is 109 Å². The number of nitrogens with one attached hydrogen (secondary N) is 2. The van der Waals surface area contributed by atoms with Gasteiger partial charge in [-0.1, -0.05) is 13.0 Å². The minimum atomic E-state index is 0.0696. The Morgan fingerprint density at radius 3 is 2.06 bits per heavy atom. The van der Waals surface area contributed by atoms with Crippen molar-refractivity contribution in [3.63, 3.8) is 0 Å². The highest BCUT2D eigenvalue weighted by atomic mass is 16.2. The molecule has 0 saturated heterocycles. The van der Waals surface area contributed by atoms with Gasteiger partial charge in [0.25, 0.3) is 0 Å². The highest BCUT2D eigenvalue weighted by Gasteiger charge is 2.29. The molecule has 102 valence electrons. The zero-order valence-corrected chi connectivity index (χ0v) is 11.2. The van der Waals surface area contributed by atoms with Crippen LogP contribution in [0.4, 0.5) is 0 Å². The van der Waals surface area contributed by atoms with Crippen LogP contribution in [0.2, 0.25) is 0 Å². The van der Waals surface area contributed by atoms with Crippen LogP contribution < -0.4 is 10.6 Å². The van der Waals surface area contributed by atoms with Gasteiger partial charge in [-0.3, -0.25) is 9.59 Å². The molecule has 0 unspecified atom stereocenters. The normalized spacial score (nSPS) is 23.2. The standard InChI is InChI=1S/C14H24N2O2/c1-3-9-15-13(17)11-5-7-12(8-6-11)14(18)16-10-4-2/h3,11-12H,1,4-10H2,2H3,(H,15,17)(H,16,18). The maximum atomic E-state index is 11.8. The smallest absolute Gasteiger partial charge is 0.223 e. The van der Waals surface area contributed by atoms with Gasteiger partial charge in [0.05, 0.1) is 0 Å². The van der Waals surface area contributed by atoms with Crippen LogP contribution >= 0.6 is 0 Å². The number of hydrogen-bond donors (Lipinski definition) is 2. The minimum absolute atomic E-state index is 0.0696. The van der Waals surface area contributed by atoms with Gasteiger partial charge in [0.1, 0.15) is 0 Å². The molecule has 18 heavy (non-hydrogen) atoms. The molecule has 2 N–H and O–H groups in total. The number of carbonyl (C=O) groups is 2. The van der Waals surface area contributed by atoms with Crippen molar-refractivity contribution in [3.05, 3.63) is 12.7 Å². The molecule has 4 heteroatoms. The first kappa shape index (κ1) is 14.7. The van der Waals surface area contributed by atoms with Crippen molar-refractivity contribution in [2.75, 3.05) is 13.1 Å². The molecule has 1 rings (SSSR count). The van der Waals surface area contributed by atoms with Crippen molar-refractivity contribution in [2.24, 2.45) is 11.8 Å². The van der Waals surface area contributed by atoms with Crippen LogP contribution in [-0.2, 0) is 9.59 Å². The number of carbonyl (C=O) groups excluding carboxylic acids is 2. The van der Waals surface area contributed by atoms with E-state index in [1.165, 1.54) is 0 Å². The summed E-state index contributed by atoms with van der Waals surface area (Å²) < 4.78 is 0. The molecular formula is C14H24N2O2. The SMILES string of the molecule is C=CCNC(=O)C1CCC(C(=O)NCCC)CC1. The van der Waals surface area contributed by atoms with Crippen LogP contribution in [0.15, 0.2) is 12.7 Å². The summed E-state index contributed by atoms with van der Waals surface area (Å²) in [6, 6.07) is 0. The molecule has 1 fully saturated rings. The molecule has 0 aromatic rings. The van der Waals surface area contributed by atoms with Crippen LogP contribution in [0, 0.1) is 11.8 Å². The highest BCUT2D eigenvalue weighted by molar-refractivity contribution is 5.81. The number of amides is 2. The number of rotatable bonds is 6. The van der Waals surface area contributed by atoms with E-state index in [1.807, 2.05) is 6.92 Å².